The number of urea groups is 1. The minimum Gasteiger partial charge on any atom is -0.305 e. The second-order valence-electron chi connectivity index (χ2n) is 4.17. The molecular weight excluding hydrogens is 341 g/mol. The average Bonchev–Trinajstić information content (AvgIpc) is 2.85. The number of benzene rings is 1. The van der Waals surface area contributed by atoms with Crippen molar-refractivity contribution in [2.75, 3.05) is 0 Å². The van der Waals surface area contributed by atoms with Crippen LogP contribution in [0.15, 0.2) is 46.9 Å². The van der Waals surface area contributed by atoms with Crippen LogP contribution < -0.4 is 5.32 Å². The standard InChI is InChI=1S/C12H8Cl3N3OS/c13-12(14,15)11(8-4-2-1-3-5-8)17-9(19)16-10-18(11)6-7-20-10/h1-7H,(H,17,19). The number of halogens is 3. The molecule has 104 valence electrons. The summed E-state index contributed by atoms with van der Waals surface area (Å²) in [6, 6.07) is 8.53. The molecule has 0 fully saturated rings. The molecule has 0 spiro atoms. The molecule has 0 bridgehead atoms. The SMILES string of the molecule is O=C1N=C2SC=CN2C(c2ccccc2)(C(Cl)(Cl)Cl)N1. The van der Waals surface area contributed by atoms with Gasteiger partial charge in [-0.1, -0.05) is 76.9 Å². The smallest absolute Gasteiger partial charge is 0.305 e. The molecule has 3 rings (SSSR count). The Morgan fingerprint density at radius 2 is 1.95 bits per heavy atom. The van der Waals surface area contributed by atoms with E-state index in [2.05, 4.69) is 10.3 Å². The van der Waals surface area contributed by atoms with E-state index in [1.807, 2.05) is 18.2 Å². The van der Waals surface area contributed by atoms with Crippen molar-refractivity contribution in [2.45, 2.75) is 9.46 Å². The number of alkyl halides is 3. The lowest BCUT2D eigenvalue weighted by Gasteiger charge is -2.48. The van der Waals surface area contributed by atoms with Gasteiger partial charge < -0.3 is 5.32 Å². The topological polar surface area (TPSA) is 44.7 Å². The average molecular weight is 349 g/mol. The molecule has 1 unspecified atom stereocenters. The van der Waals surface area contributed by atoms with Crippen LogP contribution in [0.1, 0.15) is 5.56 Å². The van der Waals surface area contributed by atoms with Gasteiger partial charge in [0.25, 0.3) is 0 Å². The van der Waals surface area contributed by atoms with E-state index in [4.69, 9.17) is 34.8 Å². The Bertz CT molecular complexity index is 614. The van der Waals surface area contributed by atoms with E-state index >= 15 is 0 Å². The molecule has 0 aromatic heterocycles. The molecule has 1 aromatic rings. The lowest BCUT2D eigenvalue weighted by Crippen LogP contribution is -2.66. The van der Waals surface area contributed by atoms with Crippen LogP contribution in [0.5, 0.6) is 0 Å². The van der Waals surface area contributed by atoms with Crippen LogP contribution in [0.3, 0.4) is 0 Å². The molecule has 4 nitrogen and oxygen atoms in total. The Morgan fingerprint density at radius 1 is 1.25 bits per heavy atom. The number of nitrogens with one attached hydrogen (secondary N) is 1. The van der Waals surface area contributed by atoms with E-state index in [0.717, 1.165) is 0 Å². The fourth-order valence-corrected chi connectivity index (χ4v) is 3.69. The van der Waals surface area contributed by atoms with E-state index in [-0.39, 0.29) is 0 Å². The molecule has 1 N–H and O–H groups in total. The molecule has 20 heavy (non-hydrogen) atoms. The first-order chi connectivity index (χ1) is 9.45. The van der Waals surface area contributed by atoms with Crippen molar-refractivity contribution in [3.8, 4) is 0 Å². The molecule has 0 saturated heterocycles. The van der Waals surface area contributed by atoms with Gasteiger partial charge in [-0.3, -0.25) is 4.90 Å². The van der Waals surface area contributed by atoms with Gasteiger partial charge in [0, 0.05) is 11.8 Å². The highest BCUT2D eigenvalue weighted by molar-refractivity contribution is 8.16. The summed E-state index contributed by atoms with van der Waals surface area (Å²) in [5.74, 6) is 0. The molecule has 0 radical (unpaired) electrons. The molecule has 2 aliphatic rings. The van der Waals surface area contributed by atoms with Crippen LogP contribution in [0, 0.1) is 0 Å². The third-order valence-corrected chi connectivity index (χ3v) is 4.61. The summed E-state index contributed by atoms with van der Waals surface area (Å²) in [5, 5.41) is 4.96. The predicted molar refractivity (Wildman–Crippen MR) is 82.9 cm³/mol. The summed E-state index contributed by atoms with van der Waals surface area (Å²) >= 11 is 19.9. The zero-order valence-electron chi connectivity index (χ0n) is 9.89. The maximum absolute atomic E-state index is 11.9. The Balaban J connectivity index is 2.24. The van der Waals surface area contributed by atoms with Crippen molar-refractivity contribution in [3.63, 3.8) is 0 Å². The quantitative estimate of drug-likeness (QED) is 0.785. The molecule has 2 heterocycles. The van der Waals surface area contributed by atoms with E-state index in [9.17, 15) is 4.79 Å². The van der Waals surface area contributed by atoms with Crippen LogP contribution in [0.4, 0.5) is 4.79 Å². The Kier molecular flexibility index (Phi) is 3.41. The maximum atomic E-state index is 11.9. The van der Waals surface area contributed by atoms with Gasteiger partial charge in [0.1, 0.15) is 0 Å². The molecular formula is C12H8Cl3N3OS. The first-order valence-corrected chi connectivity index (χ1v) is 7.62. The highest BCUT2D eigenvalue weighted by atomic mass is 35.6. The van der Waals surface area contributed by atoms with Gasteiger partial charge in [-0.05, 0) is 5.41 Å². The number of hydrogen-bond acceptors (Lipinski definition) is 3. The van der Waals surface area contributed by atoms with Crippen molar-refractivity contribution in [1.29, 1.82) is 0 Å². The lowest BCUT2D eigenvalue weighted by molar-refractivity contribution is 0.169. The molecule has 8 heteroatoms. The molecule has 1 atom stereocenters. The second-order valence-corrected chi connectivity index (χ2v) is 7.33. The summed E-state index contributed by atoms with van der Waals surface area (Å²) < 4.78 is -1.79. The molecule has 0 aliphatic carbocycles. The first-order valence-electron chi connectivity index (χ1n) is 5.61. The van der Waals surface area contributed by atoms with Gasteiger partial charge in [0.2, 0.25) is 3.79 Å². The van der Waals surface area contributed by atoms with E-state index in [0.29, 0.717) is 10.7 Å². The van der Waals surface area contributed by atoms with Crippen molar-refractivity contribution in [3.05, 3.63) is 47.5 Å². The molecule has 2 aliphatic heterocycles. The summed E-state index contributed by atoms with van der Waals surface area (Å²) in [6.45, 7) is 0. The number of fused-ring (bicyclic) bond motifs is 1. The van der Waals surface area contributed by atoms with Crippen LogP contribution >= 0.6 is 46.6 Å². The highest BCUT2D eigenvalue weighted by Gasteiger charge is 2.58. The number of thioether (sulfide) groups is 1. The van der Waals surface area contributed by atoms with Crippen molar-refractivity contribution >= 4 is 57.8 Å². The van der Waals surface area contributed by atoms with Crippen molar-refractivity contribution in [2.24, 2.45) is 4.99 Å². The van der Waals surface area contributed by atoms with Crippen molar-refractivity contribution in [1.82, 2.24) is 10.2 Å². The number of carbonyl (C=O) groups excluding carboxylic acids is 1. The number of amidine groups is 1. The summed E-state index contributed by atoms with van der Waals surface area (Å²) in [4.78, 5) is 17.5. The number of nitrogens with zero attached hydrogens (tertiary/aromatic N) is 2. The fraction of sp³-hybridized carbons (Fsp3) is 0.167. The van der Waals surface area contributed by atoms with Crippen molar-refractivity contribution < 1.29 is 4.79 Å². The van der Waals surface area contributed by atoms with Gasteiger partial charge >= 0.3 is 6.03 Å². The number of amides is 2. The Hall–Kier alpha value is -0.880. The van der Waals surface area contributed by atoms with Crippen LogP contribution in [-0.2, 0) is 5.66 Å². The van der Waals surface area contributed by atoms with Gasteiger partial charge in [-0.25, -0.2) is 4.79 Å². The normalized spacial score (nSPS) is 25.2. The third kappa shape index (κ3) is 2.00. The van der Waals surface area contributed by atoms with Gasteiger partial charge in [0.15, 0.2) is 10.8 Å². The zero-order valence-corrected chi connectivity index (χ0v) is 13.0. The molecule has 0 saturated carbocycles. The number of hydrogen-bond donors (Lipinski definition) is 1. The van der Waals surface area contributed by atoms with E-state index < -0.39 is 15.5 Å². The molecule has 1 aromatic carbocycles. The minimum atomic E-state index is -1.79. The third-order valence-electron chi connectivity index (χ3n) is 3.04. The minimum absolute atomic E-state index is 0.476. The zero-order chi connectivity index (χ0) is 14.4. The van der Waals surface area contributed by atoms with Gasteiger partial charge in [-0.15, -0.1) is 0 Å². The fourth-order valence-electron chi connectivity index (χ4n) is 2.20. The van der Waals surface area contributed by atoms with Gasteiger partial charge in [-0.2, -0.15) is 4.99 Å². The number of aliphatic imine (C=N–C) groups is 1. The summed E-state index contributed by atoms with van der Waals surface area (Å²) in [6.07, 6.45) is 1.73. The Labute approximate surface area is 134 Å². The lowest BCUT2D eigenvalue weighted by atomic mass is 9.98. The van der Waals surface area contributed by atoms with E-state index in [1.165, 1.54) is 11.8 Å². The largest absolute Gasteiger partial charge is 0.345 e. The maximum Gasteiger partial charge on any atom is 0.345 e. The second kappa shape index (κ2) is 4.84. The summed E-state index contributed by atoms with van der Waals surface area (Å²) in [5.41, 5.74) is -0.666. The number of rotatable bonds is 1. The monoisotopic (exact) mass is 347 g/mol. The predicted octanol–water partition coefficient (Wildman–Crippen LogP) is 3.81. The van der Waals surface area contributed by atoms with E-state index in [1.54, 1.807) is 28.6 Å². The Morgan fingerprint density at radius 3 is 2.60 bits per heavy atom. The highest BCUT2D eigenvalue weighted by Crippen LogP contribution is 2.50. The van der Waals surface area contributed by atoms with Crippen LogP contribution in [-0.4, -0.2) is 19.9 Å². The van der Waals surface area contributed by atoms with Crippen LogP contribution in [0.2, 0.25) is 0 Å². The van der Waals surface area contributed by atoms with Crippen LogP contribution in [0.25, 0.3) is 0 Å². The summed E-state index contributed by atoms with van der Waals surface area (Å²) in [7, 11) is 0. The number of carbonyl (C=O) groups is 1. The first kappa shape index (κ1) is 14.1. The molecule has 2 amide bonds. The van der Waals surface area contributed by atoms with Gasteiger partial charge in [0.05, 0.1) is 0 Å².